The number of rotatable bonds is 7. The number of nitrogens with zero attached hydrogens (tertiary/aromatic N) is 1. The number of hydrogen-bond donors (Lipinski definition) is 2. The third kappa shape index (κ3) is 4.75. The minimum Gasteiger partial charge on any atom is -0.289 e. The molecule has 0 fully saturated rings. The van der Waals surface area contributed by atoms with E-state index in [4.69, 9.17) is 5.21 Å². The summed E-state index contributed by atoms with van der Waals surface area (Å²) in [6.45, 7) is 0. The molecule has 0 saturated carbocycles. The molecule has 1 aromatic heterocycles. The van der Waals surface area contributed by atoms with Crippen LogP contribution in [0.3, 0.4) is 0 Å². The maximum Gasteiger partial charge on any atom is 0.248 e. The van der Waals surface area contributed by atoms with Gasteiger partial charge in [-0.25, -0.2) is 10.5 Å². The third-order valence-corrected chi connectivity index (χ3v) is 4.07. The highest BCUT2D eigenvalue weighted by Crippen LogP contribution is 2.16. The quantitative estimate of drug-likeness (QED) is 0.468. The smallest absolute Gasteiger partial charge is 0.248 e. The highest BCUT2D eigenvalue weighted by atomic mass is 32.1. The molecule has 0 aliphatic carbocycles. The second-order valence-electron chi connectivity index (χ2n) is 4.62. The molecule has 0 bridgehead atoms. The van der Waals surface area contributed by atoms with Crippen molar-refractivity contribution >= 4 is 17.2 Å². The van der Waals surface area contributed by atoms with Gasteiger partial charge in [0.2, 0.25) is 5.91 Å². The van der Waals surface area contributed by atoms with E-state index in [1.807, 2.05) is 6.07 Å². The van der Waals surface area contributed by atoms with Crippen molar-refractivity contribution in [2.24, 2.45) is 0 Å². The number of aryl methyl sites for hydroxylation is 2. The summed E-state index contributed by atoms with van der Waals surface area (Å²) in [5, 5.41) is 9.52. The normalized spacial score (nSPS) is 10.4. The average Bonchev–Trinajstić information content (AvgIpc) is 2.92. The van der Waals surface area contributed by atoms with Gasteiger partial charge in [-0.1, -0.05) is 30.3 Å². The monoisotopic (exact) mass is 290 g/mol. The minimum absolute atomic E-state index is 0.193. The molecule has 2 aromatic rings. The van der Waals surface area contributed by atoms with Crippen LogP contribution in [0.5, 0.6) is 0 Å². The zero-order chi connectivity index (χ0) is 14.2. The first-order valence-electron chi connectivity index (χ1n) is 6.68. The highest BCUT2D eigenvalue weighted by Gasteiger charge is 2.06. The van der Waals surface area contributed by atoms with Crippen molar-refractivity contribution < 1.29 is 10.0 Å². The lowest BCUT2D eigenvalue weighted by atomic mass is 10.1. The summed E-state index contributed by atoms with van der Waals surface area (Å²) in [6.07, 6.45) is 6.17. The van der Waals surface area contributed by atoms with Crippen LogP contribution in [0.4, 0.5) is 0 Å². The summed E-state index contributed by atoms with van der Waals surface area (Å²) in [7, 11) is 0. The van der Waals surface area contributed by atoms with Gasteiger partial charge >= 0.3 is 0 Å². The molecule has 1 amide bonds. The van der Waals surface area contributed by atoms with Crippen LogP contribution in [0.15, 0.2) is 36.5 Å². The Balaban J connectivity index is 1.70. The molecule has 0 aliphatic rings. The van der Waals surface area contributed by atoms with Gasteiger partial charge in [-0.3, -0.25) is 10.0 Å². The lowest BCUT2D eigenvalue weighted by Crippen LogP contribution is -2.20. The van der Waals surface area contributed by atoms with Gasteiger partial charge in [-0.05, 0) is 31.2 Å². The number of amides is 1. The molecule has 0 saturated heterocycles. The van der Waals surface area contributed by atoms with Crippen molar-refractivity contribution in [2.75, 3.05) is 0 Å². The van der Waals surface area contributed by atoms with E-state index in [-0.39, 0.29) is 6.42 Å². The Morgan fingerprint density at radius 2 is 1.95 bits per heavy atom. The zero-order valence-corrected chi connectivity index (χ0v) is 12.0. The van der Waals surface area contributed by atoms with Gasteiger partial charge in [0.15, 0.2) is 0 Å². The number of hydrogen-bond acceptors (Lipinski definition) is 4. The van der Waals surface area contributed by atoms with Crippen LogP contribution in [0, 0.1) is 0 Å². The van der Waals surface area contributed by atoms with Crippen molar-refractivity contribution in [2.45, 2.75) is 32.1 Å². The van der Waals surface area contributed by atoms with Crippen molar-refractivity contribution in [3.63, 3.8) is 0 Å². The number of carbonyl (C=O) groups excluding carboxylic acids is 1. The van der Waals surface area contributed by atoms with E-state index in [2.05, 4.69) is 29.2 Å². The summed E-state index contributed by atoms with van der Waals surface area (Å²) in [4.78, 5) is 16.2. The van der Waals surface area contributed by atoms with E-state index in [9.17, 15) is 4.79 Å². The summed E-state index contributed by atoms with van der Waals surface area (Å²) >= 11 is 1.54. The van der Waals surface area contributed by atoms with Gasteiger partial charge in [-0.15, -0.1) is 11.3 Å². The van der Waals surface area contributed by atoms with Crippen LogP contribution in [0.25, 0.3) is 0 Å². The summed E-state index contributed by atoms with van der Waals surface area (Å²) in [5.74, 6) is -0.399. The molecule has 20 heavy (non-hydrogen) atoms. The first kappa shape index (κ1) is 14.7. The lowest BCUT2D eigenvalue weighted by Gasteiger charge is -2.00. The largest absolute Gasteiger partial charge is 0.289 e. The van der Waals surface area contributed by atoms with E-state index >= 15 is 0 Å². The first-order chi connectivity index (χ1) is 9.78. The maximum absolute atomic E-state index is 11.0. The Hall–Kier alpha value is -1.72. The molecule has 0 spiro atoms. The van der Waals surface area contributed by atoms with Crippen LogP contribution < -0.4 is 5.48 Å². The molecule has 4 nitrogen and oxygen atoms in total. The molecule has 0 unspecified atom stereocenters. The van der Waals surface area contributed by atoms with Crippen LogP contribution in [0.1, 0.15) is 28.3 Å². The Kier molecular flexibility index (Phi) is 5.70. The maximum atomic E-state index is 11.0. The Bertz CT molecular complexity index is 540. The number of carbonyl (C=O) groups is 1. The molecule has 0 aliphatic heterocycles. The molecule has 1 aromatic carbocycles. The lowest BCUT2D eigenvalue weighted by molar-refractivity contribution is -0.128. The van der Waals surface area contributed by atoms with Gasteiger partial charge in [0.1, 0.15) is 0 Å². The Morgan fingerprint density at radius 3 is 2.70 bits per heavy atom. The fourth-order valence-corrected chi connectivity index (χ4v) is 2.96. The third-order valence-electron chi connectivity index (χ3n) is 3.01. The standard InChI is InChI=1S/C15H18N2O2S/c18-14(17-19)10-13-11-16-15(20-13)9-5-4-8-12-6-2-1-3-7-12/h1-3,6-7,11,19H,4-5,8-10H2,(H,17,18). The SMILES string of the molecule is O=C(Cc1cnc(CCCCc2ccccc2)s1)NO. The number of unbranched alkanes of at least 4 members (excludes halogenated alkanes) is 1. The van der Waals surface area contributed by atoms with Crippen molar-refractivity contribution in [3.05, 3.63) is 52.0 Å². The highest BCUT2D eigenvalue weighted by molar-refractivity contribution is 7.11. The van der Waals surface area contributed by atoms with Gasteiger partial charge in [0.05, 0.1) is 11.4 Å². The Labute approximate surface area is 122 Å². The number of nitrogens with one attached hydrogen (secondary N) is 1. The number of thiazole rings is 1. The van der Waals surface area contributed by atoms with Crippen LogP contribution in [0.2, 0.25) is 0 Å². The van der Waals surface area contributed by atoms with E-state index < -0.39 is 5.91 Å². The van der Waals surface area contributed by atoms with Crippen LogP contribution in [-0.4, -0.2) is 16.1 Å². The second kappa shape index (κ2) is 7.77. The van der Waals surface area contributed by atoms with Gasteiger partial charge in [0.25, 0.3) is 0 Å². The minimum atomic E-state index is -0.399. The first-order valence-corrected chi connectivity index (χ1v) is 7.50. The van der Waals surface area contributed by atoms with E-state index in [1.165, 1.54) is 16.9 Å². The average molecular weight is 290 g/mol. The fourth-order valence-electron chi connectivity index (χ4n) is 1.99. The summed E-state index contributed by atoms with van der Waals surface area (Å²) < 4.78 is 0. The molecule has 5 heteroatoms. The molecule has 2 rings (SSSR count). The van der Waals surface area contributed by atoms with Gasteiger partial charge in [0, 0.05) is 11.1 Å². The van der Waals surface area contributed by atoms with E-state index in [0.29, 0.717) is 0 Å². The van der Waals surface area contributed by atoms with Crippen molar-refractivity contribution in [3.8, 4) is 0 Å². The summed E-state index contributed by atoms with van der Waals surface area (Å²) in [6, 6.07) is 10.5. The number of benzene rings is 1. The molecule has 0 atom stereocenters. The predicted molar refractivity (Wildman–Crippen MR) is 78.8 cm³/mol. The molecular weight excluding hydrogens is 272 g/mol. The van der Waals surface area contributed by atoms with E-state index in [1.54, 1.807) is 11.7 Å². The topological polar surface area (TPSA) is 62.2 Å². The predicted octanol–water partition coefficient (Wildman–Crippen LogP) is 2.76. The molecule has 1 heterocycles. The number of hydroxylamine groups is 1. The summed E-state index contributed by atoms with van der Waals surface area (Å²) in [5.41, 5.74) is 3.00. The number of aromatic nitrogens is 1. The van der Waals surface area contributed by atoms with Crippen LogP contribution >= 0.6 is 11.3 Å². The zero-order valence-electron chi connectivity index (χ0n) is 11.2. The Morgan fingerprint density at radius 1 is 1.20 bits per heavy atom. The van der Waals surface area contributed by atoms with Crippen molar-refractivity contribution in [1.29, 1.82) is 0 Å². The van der Waals surface area contributed by atoms with Gasteiger partial charge in [-0.2, -0.15) is 0 Å². The molecule has 106 valence electrons. The van der Waals surface area contributed by atoms with Gasteiger partial charge < -0.3 is 0 Å². The molecular formula is C15H18N2O2S. The van der Waals surface area contributed by atoms with E-state index in [0.717, 1.165) is 35.6 Å². The van der Waals surface area contributed by atoms with Crippen LogP contribution in [-0.2, 0) is 24.1 Å². The fraction of sp³-hybridized carbons (Fsp3) is 0.333. The second-order valence-corrected chi connectivity index (χ2v) is 5.82. The molecule has 2 N–H and O–H groups in total. The van der Waals surface area contributed by atoms with Crippen molar-refractivity contribution in [1.82, 2.24) is 10.5 Å². The molecule has 0 radical (unpaired) electrons.